The molecule has 0 unspecified atom stereocenters. The first-order chi connectivity index (χ1) is 14.2. The van der Waals surface area contributed by atoms with Crippen LogP contribution in [-0.2, 0) is 0 Å². The highest BCUT2D eigenvalue weighted by Crippen LogP contribution is 2.34. The third-order valence-electron chi connectivity index (χ3n) is 6.43. The Morgan fingerprint density at radius 2 is 1.69 bits per heavy atom. The number of anilines is 1. The third-order valence-corrected chi connectivity index (χ3v) is 6.43. The molecule has 29 heavy (non-hydrogen) atoms. The van der Waals surface area contributed by atoms with Crippen molar-refractivity contribution in [3.63, 3.8) is 0 Å². The van der Waals surface area contributed by atoms with Crippen LogP contribution in [0.15, 0.2) is 43.0 Å². The SMILES string of the molecule is CN(C1CC1)[C@H]1CC[C@H](Nc2ncnc3ccc(-c4cncc(O)c4)cc23)CC1. The van der Waals surface area contributed by atoms with E-state index in [1.165, 1.54) is 44.7 Å². The van der Waals surface area contributed by atoms with Crippen LogP contribution in [-0.4, -0.2) is 50.1 Å². The lowest BCUT2D eigenvalue weighted by molar-refractivity contribution is 0.178. The fourth-order valence-corrected chi connectivity index (χ4v) is 4.54. The van der Waals surface area contributed by atoms with E-state index in [0.29, 0.717) is 6.04 Å². The van der Waals surface area contributed by atoms with E-state index in [-0.39, 0.29) is 5.75 Å². The van der Waals surface area contributed by atoms with E-state index in [1.54, 1.807) is 18.6 Å². The van der Waals surface area contributed by atoms with Crippen LogP contribution >= 0.6 is 0 Å². The largest absolute Gasteiger partial charge is 0.506 e. The lowest BCUT2D eigenvalue weighted by Gasteiger charge is -2.35. The predicted molar refractivity (Wildman–Crippen MR) is 115 cm³/mol. The molecule has 5 rings (SSSR count). The van der Waals surface area contributed by atoms with Crippen molar-refractivity contribution in [3.05, 3.63) is 43.0 Å². The highest BCUT2D eigenvalue weighted by molar-refractivity contribution is 5.92. The molecule has 0 bridgehead atoms. The minimum Gasteiger partial charge on any atom is -0.506 e. The van der Waals surface area contributed by atoms with E-state index in [4.69, 9.17) is 0 Å². The van der Waals surface area contributed by atoms with Gasteiger partial charge in [-0.3, -0.25) is 4.98 Å². The first kappa shape index (κ1) is 18.3. The molecule has 6 heteroatoms. The van der Waals surface area contributed by atoms with E-state index < -0.39 is 0 Å². The average Bonchev–Trinajstić information content (AvgIpc) is 3.59. The minimum atomic E-state index is 0.165. The van der Waals surface area contributed by atoms with Gasteiger partial charge in [0.2, 0.25) is 0 Å². The van der Waals surface area contributed by atoms with Gasteiger partial charge < -0.3 is 15.3 Å². The van der Waals surface area contributed by atoms with Gasteiger partial charge in [-0.2, -0.15) is 0 Å². The number of aromatic hydroxyl groups is 1. The lowest BCUT2D eigenvalue weighted by Crippen LogP contribution is -2.39. The topological polar surface area (TPSA) is 74.2 Å². The zero-order chi connectivity index (χ0) is 19.8. The number of nitrogens with zero attached hydrogens (tertiary/aromatic N) is 4. The average molecular weight is 390 g/mol. The van der Waals surface area contributed by atoms with Crippen LogP contribution in [0.2, 0.25) is 0 Å². The van der Waals surface area contributed by atoms with Gasteiger partial charge in [0.05, 0.1) is 11.7 Å². The molecule has 2 aromatic heterocycles. The highest BCUT2D eigenvalue weighted by atomic mass is 16.3. The van der Waals surface area contributed by atoms with Gasteiger partial charge >= 0.3 is 0 Å². The summed E-state index contributed by atoms with van der Waals surface area (Å²) in [6.45, 7) is 0. The molecular formula is C23H27N5O. The van der Waals surface area contributed by atoms with Crippen molar-refractivity contribution in [2.24, 2.45) is 0 Å². The third kappa shape index (κ3) is 3.90. The maximum Gasteiger partial charge on any atom is 0.137 e. The molecule has 1 aromatic carbocycles. The minimum absolute atomic E-state index is 0.165. The highest BCUT2D eigenvalue weighted by Gasteiger charge is 2.33. The van der Waals surface area contributed by atoms with Crippen LogP contribution in [0.5, 0.6) is 5.75 Å². The molecule has 0 amide bonds. The van der Waals surface area contributed by atoms with Gasteiger partial charge in [-0.05, 0) is 69.3 Å². The molecule has 0 atom stereocenters. The van der Waals surface area contributed by atoms with Gasteiger partial charge in [-0.1, -0.05) is 6.07 Å². The number of benzene rings is 1. The van der Waals surface area contributed by atoms with Gasteiger partial charge in [-0.15, -0.1) is 0 Å². The molecule has 2 aliphatic rings. The van der Waals surface area contributed by atoms with Crippen LogP contribution in [0.4, 0.5) is 5.82 Å². The number of pyridine rings is 1. The van der Waals surface area contributed by atoms with Crippen LogP contribution in [0, 0.1) is 0 Å². The van der Waals surface area contributed by atoms with Gasteiger partial charge in [0, 0.05) is 35.3 Å². The maximum absolute atomic E-state index is 9.75. The number of hydrogen-bond donors (Lipinski definition) is 2. The summed E-state index contributed by atoms with van der Waals surface area (Å²) in [7, 11) is 2.30. The van der Waals surface area contributed by atoms with Crippen LogP contribution < -0.4 is 5.32 Å². The molecule has 2 N–H and O–H groups in total. The van der Waals surface area contributed by atoms with Crippen molar-refractivity contribution in [2.75, 3.05) is 12.4 Å². The van der Waals surface area contributed by atoms with Gasteiger partial charge in [0.15, 0.2) is 0 Å². The molecule has 0 spiro atoms. The molecule has 6 nitrogen and oxygen atoms in total. The van der Waals surface area contributed by atoms with Crippen molar-refractivity contribution < 1.29 is 5.11 Å². The summed E-state index contributed by atoms with van der Waals surface area (Å²) in [5, 5.41) is 14.4. The van der Waals surface area contributed by atoms with Crippen molar-refractivity contribution in [2.45, 2.75) is 56.7 Å². The second-order valence-corrected chi connectivity index (χ2v) is 8.43. The maximum atomic E-state index is 9.75. The monoisotopic (exact) mass is 389 g/mol. The number of hydrogen-bond acceptors (Lipinski definition) is 6. The summed E-state index contributed by atoms with van der Waals surface area (Å²) in [5.74, 6) is 1.06. The molecule has 2 saturated carbocycles. The summed E-state index contributed by atoms with van der Waals surface area (Å²) in [6.07, 6.45) is 12.4. The summed E-state index contributed by atoms with van der Waals surface area (Å²) < 4.78 is 0. The first-order valence-corrected chi connectivity index (χ1v) is 10.5. The van der Waals surface area contributed by atoms with Gasteiger partial charge in [0.25, 0.3) is 0 Å². The quantitative estimate of drug-likeness (QED) is 0.681. The number of nitrogens with one attached hydrogen (secondary N) is 1. The summed E-state index contributed by atoms with van der Waals surface area (Å²) in [5.41, 5.74) is 2.79. The van der Waals surface area contributed by atoms with E-state index in [2.05, 4.69) is 38.3 Å². The van der Waals surface area contributed by atoms with Crippen LogP contribution in [0.25, 0.3) is 22.0 Å². The Hall–Kier alpha value is -2.73. The Labute approximate surface area is 171 Å². The number of rotatable bonds is 5. The zero-order valence-electron chi connectivity index (χ0n) is 16.8. The van der Waals surface area contributed by atoms with Gasteiger partial charge in [-0.25, -0.2) is 9.97 Å². The Morgan fingerprint density at radius 3 is 2.41 bits per heavy atom. The zero-order valence-corrected chi connectivity index (χ0v) is 16.8. The Morgan fingerprint density at radius 1 is 0.931 bits per heavy atom. The van der Waals surface area contributed by atoms with E-state index >= 15 is 0 Å². The van der Waals surface area contributed by atoms with E-state index in [0.717, 1.165) is 39.9 Å². The molecule has 0 radical (unpaired) electrons. The molecule has 2 aliphatic carbocycles. The summed E-state index contributed by atoms with van der Waals surface area (Å²) in [6, 6.07) is 9.83. The van der Waals surface area contributed by atoms with Crippen LogP contribution in [0.3, 0.4) is 0 Å². The van der Waals surface area contributed by atoms with Crippen molar-refractivity contribution >= 4 is 16.7 Å². The molecule has 2 heterocycles. The molecule has 2 fully saturated rings. The molecule has 0 aliphatic heterocycles. The molecule has 0 saturated heterocycles. The molecule has 150 valence electrons. The van der Waals surface area contributed by atoms with Gasteiger partial charge in [0.1, 0.15) is 17.9 Å². The van der Waals surface area contributed by atoms with Crippen molar-refractivity contribution in [1.82, 2.24) is 19.9 Å². The molecule has 3 aromatic rings. The van der Waals surface area contributed by atoms with E-state index in [9.17, 15) is 5.11 Å². The first-order valence-electron chi connectivity index (χ1n) is 10.5. The van der Waals surface area contributed by atoms with Crippen molar-refractivity contribution in [3.8, 4) is 16.9 Å². The summed E-state index contributed by atoms with van der Waals surface area (Å²) in [4.78, 5) is 15.7. The Bertz CT molecular complexity index is 1010. The van der Waals surface area contributed by atoms with Crippen molar-refractivity contribution in [1.29, 1.82) is 0 Å². The van der Waals surface area contributed by atoms with E-state index in [1.807, 2.05) is 12.1 Å². The smallest absolute Gasteiger partial charge is 0.137 e. The lowest BCUT2D eigenvalue weighted by atomic mass is 9.90. The molecular weight excluding hydrogens is 362 g/mol. The number of fused-ring (bicyclic) bond motifs is 1. The van der Waals surface area contributed by atoms with Crippen LogP contribution in [0.1, 0.15) is 38.5 Å². The fraction of sp³-hybridized carbons (Fsp3) is 0.435. The Balaban J connectivity index is 1.35. The standard InChI is InChI=1S/C23H27N5O/c1-28(19-7-8-19)18-5-3-17(4-6-18)27-23-21-11-15(2-9-22(21)25-14-26-23)16-10-20(29)13-24-12-16/h2,9-14,17-19,29H,3-8H2,1H3,(H,25,26,27)/t17-,18-. The number of aromatic nitrogens is 3. The predicted octanol–water partition coefficient (Wildman–Crippen LogP) is 4.21. The second kappa shape index (κ2) is 7.59. The Kier molecular flexibility index (Phi) is 4.79. The normalized spacial score (nSPS) is 22.1. The summed E-state index contributed by atoms with van der Waals surface area (Å²) >= 11 is 0. The fourth-order valence-electron chi connectivity index (χ4n) is 4.54. The second-order valence-electron chi connectivity index (χ2n) is 8.43.